The van der Waals surface area contributed by atoms with Crippen LogP contribution in [0.3, 0.4) is 0 Å². The minimum atomic E-state index is 0.485. The van der Waals surface area contributed by atoms with Crippen LogP contribution < -0.4 is 10.2 Å². The Balaban J connectivity index is 1.63. The highest BCUT2D eigenvalue weighted by Crippen LogP contribution is 2.21. The van der Waals surface area contributed by atoms with Crippen molar-refractivity contribution in [3.05, 3.63) is 6.20 Å². The molecule has 1 N–H and O–H groups in total. The Hall–Kier alpha value is -1.92. The summed E-state index contributed by atoms with van der Waals surface area (Å²) in [6, 6.07) is 0.485. The second kappa shape index (κ2) is 6.02. The van der Waals surface area contributed by atoms with Crippen LogP contribution in [0.15, 0.2) is 6.20 Å². The van der Waals surface area contributed by atoms with Crippen LogP contribution in [-0.4, -0.2) is 58.7 Å². The zero-order valence-corrected chi connectivity index (χ0v) is 11.5. The lowest BCUT2D eigenvalue weighted by Crippen LogP contribution is -2.46. The number of nitrogens with zero attached hydrogens (tertiary/aromatic N) is 5. The van der Waals surface area contributed by atoms with E-state index < -0.39 is 0 Å². The first kappa shape index (κ1) is 13.1. The van der Waals surface area contributed by atoms with Gasteiger partial charge in [-0.05, 0) is 12.8 Å². The van der Waals surface area contributed by atoms with Gasteiger partial charge in [-0.15, -0.1) is 5.10 Å². The van der Waals surface area contributed by atoms with Gasteiger partial charge in [0.05, 0.1) is 6.20 Å². The molecule has 1 aliphatic carbocycles. The molecule has 0 aromatic carbocycles. The van der Waals surface area contributed by atoms with Gasteiger partial charge in [0.15, 0.2) is 5.82 Å². The molecule has 1 aromatic rings. The minimum absolute atomic E-state index is 0.485. The first-order valence-electron chi connectivity index (χ1n) is 7.26. The molecule has 108 valence electrons. The largest absolute Gasteiger partial charge is 0.352 e. The van der Waals surface area contributed by atoms with Gasteiger partial charge >= 0.3 is 0 Å². The molecule has 1 aliphatic heterocycles. The van der Waals surface area contributed by atoms with E-state index in [1.165, 1.54) is 25.7 Å². The maximum Gasteiger partial charge on any atom is 0.244 e. The van der Waals surface area contributed by atoms with Crippen LogP contribution >= 0.6 is 0 Å². The van der Waals surface area contributed by atoms with Crippen molar-refractivity contribution in [2.24, 2.45) is 0 Å². The average Bonchev–Trinajstić information content (AvgIpc) is 3.01. The van der Waals surface area contributed by atoms with E-state index in [4.69, 9.17) is 0 Å². The predicted octanol–water partition coefficient (Wildman–Crippen LogP) is 0.504. The van der Waals surface area contributed by atoms with E-state index >= 15 is 0 Å². The van der Waals surface area contributed by atoms with E-state index in [1.54, 1.807) is 11.1 Å². The summed E-state index contributed by atoms with van der Waals surface area (Å²) in [5.74, 6) is 1.46. The quantitative estimate of drug-likeness (QED) is 0.807. The van der Waals surface area contributed by atoms with E-state index in [2.05, 4.69) is 25.4 Å². The third kappa shape index (κ3) is 2.97. The normalized spacial score (nSPS) is 20.2. The molecule has 0 bridgehead atoms. The number of anilines is 2. The third-order valence-corrected chi connectivity index (χ3v) is 4.02. The zero-order valence-electron chi connectivity index (χ0n) is 11.5. The van der Waals surface area contributed by atoms with Crippen LogP contribution in [0.4, 0.5) is 11.8 Å². The lowest BCUT2D eigenvalue weighted by Gasteiger charge is -2.33. The summed E-state index contributed by atoms with van der Waals surface area (Å²) in [7, 11) is 0. The summed E-state index contributed by atoms with van der Waals surface area (Å²) in [5.41, 5.74) is 0. The molecule has 2 aliphatic rings. The number of nitrogens with one attached hydrogen (secondary N) is 1. The number of rotatable bonds is 4. The number of aromatic nitrogens is 3. The number of carbonyl (C=O) groups is 1. The molecule has 1 aromatic heterocycles. The Bertz CT molecular complexity index is 454. The first-order chi connectivity index (χ1) is 9.85. The zero-order chi connectivity index (χ0) is 13.8. The van der Waals surface area contributed by atoms with E-state index in [1.807, 2.05) is 0 Å². The monoisotopic (exact) mass is 276 g/mol. The maximum absolute atomic E-state index is 10.7. The van der Waals surface area contributed by atoms with Crippen LogP contribution in [0.2, 0.25) is 0 Å². The molecule has 1 saturated carbocycles. The number of amides is 1. The van der Waals surface area contributed by atoms with Gasteiger partial charge in [-0.3, -0.25) is 4.79 Å². The van der Waals surface area contributed by atoms with Gasteiger partial charge in [-0.25, -0.2) is 0 Å². The predicted molar refractivity (Wildman–Crippen MR) is 75.6 cm³/mol. The van der Waals surface area contributed by atoms with Crippen molar-refractivity contribution in [3.63, 3.8) is 0 Å². The summed E-state index contributed by atoms with van der Waals surface area (Å²) in [4.78, 5) is 19.2. The fourth-order valence-electron chi connectivity index (χ4n) is 2.82. The highest BCUT2D eigenvalue weighted by Gasteiger charge is 2.19. The second-order valence-corrected chi connectivity index (χ2v) is 5.39. The number of piperazine rings is 1. The van der Waals surface area contributed by atoms with Crippen molar-refractivity contribution in [2.75, 3.05) is 36.4 Å². The molecule has 0 atom stereocenters. The molecule has 3 rings (SSSR count). The Labute approximate surface area is 118 Å². The second-order valence-electron chi connectivity index (χ2n) is 5.39. The summed E-state index contributed by atoms with van der Waals surface area (Å²) in [6.07, 6.45) is 7.52. The van der Waals surface area contributed by atoms with Crippen molar-refractivity contribution in [1.82, 2.24) is 20.1 Å². The van der Waals surface area contributed by atoms with Gasteiger partial charge in [0, 0.05) is 32.2 Å². The van der Waals surface area contributed by atoms with E-state index in [9.17, 15) is 4.79 Å². The Kier molecular flexibility index (Phi) is 3.94. The van der Waals surface area contributed by atoms with Crippen molar-refractivity contribution >= 4 is 18.2 Å². The smallest absolute Gasteiger partial charge is 0.244 e. The summed E-state index contributed by atoms with van der Waals surface area (Å²) < 4.78 is 0. The van der Waals surface area contributed by atoms with Crippen LogP contribution in [0, 0.1) is 0 Å². The van der Waals surface area contributed by atoms with Gasteiger partial charge in [0.2, 0.25) is 12.4 Å². The van der Waals surface area contributed by atoms with Crippen molar-refractivity contribution in [2.45, 2.75) is 31.7 Å². The number of hydrogen-bond donors (Lipinski definition) is 1. The van der Waals surface area contributed by atoms with Gasteiger partial charge < -0.3 is 15.1 Å². The summed E-state index contributed by atoms with van der Waals surface area (Å²) in [6.45, 7) is 3.05. The highest BCUT2D eigenvalue weighted by molar-refractivity contribution is 5.49. The molecule has 20 heavy (non-hydrogen) atoms. The van der Waals surface area contributed by atoms with Crippen molar-refractivity contribution in [1.29, 1.82) is 0 Å². The summed E-state index contributed by atoms with van der Waals surface area (Å²) >= 11 is 0. The van der Waals surface area contributed by atoms with Gasteiger partial charge in [0.25, 0.3) is 0 Å². The molecule has 0 radical (unpaired) electrons. The van der Waals surface area contributed by atoms with Crippen LogP contribution in [0.1, 0.15) is 25.7 Å². The van der Waals surface area contributed by atoms with Crippen LogP contribution in [0.5, 0.6) is 0 Å². The first-order valence-corrected chi connectivity index (χ1v) is 7.26. The molecule has 0 unspecified atom stereocenters. The topological polar surface area (TPSA) is 74.2 Å². The Morgan fingerprint density at radius 2 is 1.95 bits per heavy atom. The standard InChI is InChI=1S/C13H20N6O/c20-10-18-5-7-19(8-6-18)12-9-14-17-13(16-12)15-11-3-1-2-4-11/h9-11H,1-8H2,(H,15,16,17). The molecule has 1 amide bonds. The fourth-order valence-corrected chi connectivity index (χ4v) is 2.82. The Morgan fingerprint density at radius 1 is 1.20 bits per heavy atom. The number of carbonyl (C=O) groups excluding carboxylic acids is 1. The molecule has 1 saturated heterocycles. The van der Waals surface area contributed by atoms with E-state index in [0.717, 1.165) is 38.4 Å². The average molecular weight is 276 g/mol. The molecule has 2 fully saturated rings. The van der Waals surface area contributed by atoms with Crippen LogP contribution in [-0.2, 0) is 4.79 Å². The van der Waals surface area contributed by atoms with Gasteiger partial charge in [-0.2, -0.15) is 10.1 Å². The third-order valence-electron chi connectivity index (χ3n) is 4.02. The molecule has 7 heteroatoms. The molecular formula is C13H20N6O. The van der Waals surface area contributed by atoms with Gasteiger partial charge in [-0.1, -0.05) is 12.8 Å². The molecular weight excluding hydrogens is 256 g/mol. The minimum Gasteiger partial charge on any atom is -0.352 e. The van der Waals surface area contributed by atoms with Crippen molar-refractivity contribution in [3.8, 4) is 0 Å². The Morgan fingerprint density at radius 3 is 2.65 bits per heavy atom. The lowest BCUT2D eigenvalue weighted by molar-refractivity contribution is -0.118. The molecule has 2 heterocycles. The van der Waals surface area contributed by atoms with E-state index in [0.29, 0.717) is 12.0 Å². The van der Waals surface area contributed by atoms with Crippen molar-refractivity contribution < 1.29 is 4.79 Å². The van der Waals surface area contributed by atoms with Crippen LogP contribution in [0.25, 0.3) is 0 Å². The lowest BCUT2D eigenvalue weighted by atomic mass is 10.2. The number of hydrogen-bond acceptors (Lipinski definition) is 6. The fraction of sp³-hybridized carbons (Fsp3) is 0.692. The molecule has 7 nitrogen and oxygen atoms in total. The highest BCUT2D eigenvalue weighted by atomic mass is 16.1. The van der Waals surface area contributed by atoms with Gasteiger partial charge in [0.1, 0.15) is 0 Å². The molecule has 0 spiro atoms. The maximum atomic E-state index is 10.7. The van der Waals surface area contributed by atoms with E-state index in [-0.39, 0.29) is 0 Å². The summed E-state index contributed by atoms with van der Waals surface area (Å²) in [5, 5.41) is 11.5. The SMILES string of the molecule is O=CN1CCN(c2cnnc(NC3CCCC3)n2)CC1.